The molecule has 2 heterocycles. The lowest BCUT2D eigenvalue weighted by Crippen LogP contribution is -2.47. The molecule has 3 rings (SSSR count). The fraction of sp³-hybridized carbons (Fsp3) is 0.333. The van der Waals surface area contributed by atoms with Gasteiger partial charge >= 0.3 is 0 Å². The van der Waals surface area contributed by atoms with Crippen molar-refractivity contribution in [2.45, 2.75) is 6.92 Å². The molecule has 0 atom stereocenters. The maximum Gasteiger partial charge on any atom is 0.293 e. The minimum absolute atomic E-state index is 0.130. The molecule has 0 unspecified atom stereocenters. The van der Waals surface area contributed by atoms with E-state index in [4.69, 9.17) is 0 Å². The number of aryl methyl sites for hydroxylation is 1. The standard InChI is InChI=1S/C15H16BrN5O2/c1-11-17-5-4-15(18-11)20-8-6-19(7-9-20)13-3-2-12(16)10-14(13)21(22)23/h2-5,10H,6-9H2,1H3. The Labute approximate surface area is 142 Å². The van der Waals surface area contributed by atoms with E-state index in [0.29, 0.717) is 23.2 Å². The van der Waals surface area contributed by atoms with Gasteiger partial charge in [-0.25, -0.2) is 9.97 Å². The molecule has 0 amide bonds. The third-order valence-electron chi connectivity index (χ3n) is 3.84. The van der Waals surface area contributed by atoms with Gasteiger partial charge in [-0.1, -0.05) is 15.9 Å². The smallest absolute Gasteiger partial charge is 0.293 e. The van der Waals surface area contributed by atoms with Crippen molar-refractivity contribution in [3.05, 3.63) is 50.9 Å². The molecule has 120 valence electrons. The van der Waals surface area contributed by atoms with E-state index in [9.17, 15) is 10.1 Å². The number of benzene rings is 1. The number of rotatable bonds is 3. The predicted octanol–water partition coefficient (Wildman–Crippen LogP) is 2.78. The minimum atomic E-state index is -0.333. The van der Waals surface area contributed by atoms with Gasteiger partial charge in [0, 0.05) is 42.9 Å². The van der Waals surface area contributed by atoms with Crippen LogP contribution in [-0.2, 0) is 0 Å². The molecular weight excluding hydrogens is 362 g/mol. The molecule has 1 aromatic heterocycles. The number of nitro groups is 1. The second kappa shape index (κ2) is 6.49. The molecule has 0 aliphatic carbocycles. The molecule has 0 radical (unpaired) electrons. The quantitative estimate of drug-likeness (QED) is 0.604. The maximum atomic E-state index is 11.3. The fourth-order valence-corrected chi connectivity index (χ4v) is 3.06. The van der Waals surface area contributed by atoms with Crippen LogP contribution in [0.1, 0.15) is 5.82 Å². The van der Waals surface area contributed by atoms with E-state index in [1.54, 1.807) is 18.3 Å². The zero-order valence-electron chi connectivity index (χ0n) is 12.6. The first-order valence-electron chi connectivity index (χ1n) is 7.28. The summed E-state index contributed by atoms with van der Waals surface area (Å²) in [6, 6.07) is 7.08. The normalized spacial score (nSPS) is 14.9. The lowest BCUT2D eigenvalue weighted by Gasteiger charge is -2.36. The Kier molecular flexibility index (Phi) is 4.42. The van der Waals surface area contributed by atoms with E-state index >= 15 is 0 Å². The SMILES string of the molecule is Cc1nccc(N2CCN(c3ccc(Br)cc3[N+](=O)[O-])CC2)n1. The second-order valence-electron chi connectivity index (χ2n) is 5.33. The largest absolute Gasteiger partial charge is 0.362 e. The second-order valence-corrected chi connectivity index (χ2v) is 6.24. The van der Waals surface area contributed by atoms with Crippen molar-refractivity contribution >= 4 is 33.1 Å². The van der Waals surface area contributed by atoms with Crippen molar-refractivity contribution in [1.29, 1.82) is 0 Å². The van der Waals surface area contributed by atoms with Crippen LogP contribution >= 0.6 is 15.9 Å². The van der Waals surface area contributed by atoms with Crippen molar-refractivity contribution in [3.63, 3.8) is 0 Å². The Balaban J connectivity index is 1.76. The molecule has 1 aliphatic heterocycles. The van der Waals surface area contributed by atoms with Gasteiger partial charge in [-0.3, -0.25) is 10.1 Å². The molecule has 1 aromatic carbocycles. The van der Waals surface area contributed by atoms with Crippen LogP contribution in [0.15, 0.2) is 34.9 Å². The Morgan fingerprint density at radius 1 is 1.17 bits per heavy atom. The molecule has 1 fully saturated rings. The molecule has 8 heteroatoms. The molecular formula is C15H16BrN5O2. The van der Waals surface area contributed by atoms with Crippen LogP contribution in [0, 0.1) is 17.0 Å². The molecule has 7 nitrogen and oxygen atoms in total. The summed E-state index contributed by atoms with van der Waals surface area (Å²) in [5.41, 5.74) is 0.794. The zero-order valence-corrected chi connectivity index (χ0v) is 14.2. The zero-order chi connectivity index (χ0) is 16.4. The highest BCUT2D eigenvalue weighted by atomic mass is 79.9. The Morgan fingerprint density at radius 3 is 2.52 bits per heavy atom. The molecule has 1 saturated heterocycles. The number of anilines is 2. The average Bonchev–Trinajstić information content (AvgIpc) is 2.55. The highest BCUT2D eigenvalue weighted by molar-refractivity contribution is 9.10. The summed E-state index contributed by atoms with van der Waals surface area (Å²) < 4.78 is 0.711. The molecule has 0 saturated carbocycles. The van der Waals surface area contributed by atoms with Gasteiger partial charge < -0.3 is 9.80 Å². The number of aromatic nitrogens is 2. The van der Waals surface area contributed by atoms with E-state index in [2.05, 4.69) is 35.7 Å². The summed E-state index contributed by atoms with van der Waals surface area (Å²) in [6.45, 7) is 4.83. The predicted molar refractivity (Wildman–Crippen MR) is 92.0 cm³/mol. The summed E-state index contributed by atoms with van der Waals surface area (Å²) in [5.74, 6) is 1.65. The van der Waals surface area contributed by atoms with Gasteiger partial charge in [0.15, 0.2) is 0 Å². The van der Waals surface area contributed by atoms with E-state index in [1.807, 2.05) is 19.1 Å². The van der Waals surface area contributed by atoms with E-state index < -0.39 is 0 Å². The lowest BCUT2D eigenvalue weighted by atomic mass is 10.2. The van der Waals surface area contributed by atoms with E-state index in [0.717, 1.165) is 24.7 Å². The third-order valence-corrected chi connectivity index (χ3v) is 4.33. The average molecular weight is 378 g/mol. The summed E-state index contributed by atoms with van der Waals surface area (Å²) >= 11 is 3.29. The van der Waals surface area contributed by atoms with Crippen LogP contribution in [0.2, 0.25) is 0 Å². The van der Waals surface area contributed by atoms with Crippen molar-refractivity contribution in [1.82, 2.24) is 9.97 Å². The Hall–Kier alpha value is -2.22. The van der Waals surface area contributed by atoms with E-state index in [1.165, 1.54) is 0 Å². The Morgan fingerprint density at radius 2 is 1.87 bits per heavy atom. The number of piperazine rings is 1. The minimum Gasteiger partial charge on any atom is -0.362 e. The highest BCUT2D eigenvalue weighted by Gasteiger charge is 2.24. The van der Waals surface area contributed by atoms with Crippen molar-refractivity contribution in [2.75, 3.05) is 36.0 Å². The fourth-order valence-electron chi connectivity index (χ4n) is 2.71. The van der Waals surface area contributed by atoms with Gasteiger partial charge in [-0.05, 0) is 25.1 Å². The molecule has 1 aliphatic rings. The topological polar surface area (TPSA) is 75.4 Å². The molecule has 0 spiro atoms. The van der Waals surface area contributed by atoms with Crippen LogP contribution in [0.3, 0.4) is 0 Å². The molecule has 0 N–H and O–H groups in total. The number of nitro benzene ring substituents is 1. The van der Waals surface area contributed by atoms with Crippen LogP contribution < -0.4 is 9.80 Å². The summed E-state index contributed by atoms with van der Waals surface area (Å²) in [5, 5.41) is 11.3. The first-order chi connectivity index (χ1) is 11.0. The van der Waals surface area contributed by atoms with Gasteiger partial charge in [-0.2, -0.15) is 0 Å². The number of hydrogen-bond acceptors (Lipinski definition) is 6. The van der Waals surface area contributed by atoms with Crippen LogP contribution in [0.5, 0.6) is 0 Å². The first-order valence-corrected chi connectivity index (χ1v) is 8.07. The van der Waals surface area contributed by atoms with Gasteiger partial charge in [0.1, 0.15) is 17.3 Å². The number of hydrogen-bond donors (Lipinski definition) is 0. The maximum absolute atomic E-state index is 11.3. The number of halogens is 1. The van der Waals surface area contributed by atoms with Crippen LogP contribution in [0.25, 0.3) is 0 Å². The van der Waals surface area contributed by atoms with Crippen molar-refractivity contribution < 1.29 is 4.92 Å². The van der Waals surface area contributed by atoms with Gasteiger partial charge in [-0.15, -0.1) is 0 Å². The van der Waals surface area contributed by atoms with Crippen LogP contribution in [-0.4, -0.2) is 41.1 Å². The molecule has 2 aromatic rings. The van der Waals surface area contributed by atoms with Crippen molar-refractivity contribution in [3.8, 4) is 0 Å². The molecule has 0 bridgehead atoms. The number of nitrogens with zero attached hydrogens (tertiary/aromatic N) is 5. The van der Waals surface area contributed by atoms with Gasteiger partial charge in [0.2, 0.25) is 0 Å². The summed E-state index contributed by atoms with van der Waals surface area (Å²) in [6.07, 6.45) is 1.75. The van der Waals surface area contributed by atoms with Crippen molar-refractivity contribution in [2.24, 2.45) is 0 Å². The summed E-state index contributed by atoms with van der Waals surface area (Å²) in [7, 11) is 0. The first kappa shape index (κ1) is 15.7. The molecule has 23 heavy (non-hydrogen) atoms. The summed E-state index contributed by atoms with van der Waals surface area (Å²) in [4.78, 5) is 23.7. The van der Waals surface area contributed by atoms with Crippen LogP contribution in [0.4, 0.5) is 17.2 Å². The van der Waals surface area contributed by atoms with Gasteiger partial charge in [0.25, 0.3) is 5.69 Å². The highest BCUT2D eigenvalue weighted by Crippen LogP contribution is 2.32. The third kappa shape index (κ3) is 3.42. The Bertz CT molecular complexity index is 732. The monoisotopic (exact) mass is 377 g/mol. The van der Waals surface area contributed by atoms with Gasteiger partial charge in [0.05, 0.1) is 4.92 Å². The van der Waals surface area contributed by atoms with E-state index in [-0.39, 0.29) is 10.6 Å². The lowest BCUT2D eigenvalue weighted by molar-refractivity contribution is -0.384.